The van der Waals surface area contributed by atoms with Crippen LogP contribution in [0.4, 0.5) is 13.2 Å². The lowest BCUT2D eigenvalue weighted by atomic mass is 9.94. The molecule has 5 atom stereocenters. The van der Waals surface area contributed by atoms with Gasteiger partial charge in [0.05, 0.1) is 6.10 Å². The van der Waals surface area contributed by atoms with Crippen LogP contribution in [0, 0.1) is 47.0 Å². The molecule has 0 radical (unpaired) electrons. The Labute approximate surface area is 109 Å². The monoisotopic (exact) mass is 268 g/mol. The number of hydrogen-bond acceptors (Lipinski definition) is 1. The number of rotatable bonds is 2. The Morgan fingerprint density at radius 1 is 0.947 bits per heavy atom. The van der Waals surface area contributed by atoms with Crippen molar-refractivity contribution in [1.29, 1.82) is 0 Å². The Morgan fingerprint density at radius 2 is 1.53 bits per heavy atom. The number of benzene rings is 1. The third kappa shape index (κ3) is 1.52. The van der Waals surface area contributed by atoms with Gasteiger partial charge >= 0.3 is 0 Å². The minimum absolute atomic E-state index is 0.0469. The topological polar surface area (TPSA) is 20.2 Å². The summed E-state index contributed by atoms with van der Waals surface area (Å²) >= 11 is 0. The third-order valence-corrected chi connectivity index (χ3v) is 5.52. The zero-order chi connectivity index (χ0) is 13.3. The molecule has 0 saturated heterocycles. The highest BCUT2D eigenvalue weighted by molar-refractivity contribution is 5.27. The Morgan fingerprint density at radius 3 is 2.16 bits per heavy atom. The van der Waals surface area contributed by atoms with Crippen molar-refractivity contribution < 1.29 is 18.3 Å². The van der Waals surface area contributed by atoms with Crippen LogP contribution in [0.3, 0.4) is 0 Å². The summed E-state index contributed by atoms with van der Waals surface area (Å²) in [5.74, 6) is -0.836. The Bertz CT molecular complexity index is 528. The molecule has 0 amide bonds. The zero-order valence-electron chi connectivity index (χ0n) is 10.3. The van der Waals surface area contributed by atoms with Gasteiger partial charge in [0.1, 0.15) is 5.82 Å². The van der Waals surface area contributed by atoms with Gasteiger partial charge in [0.2, 0.25) is 0 Å². The lowest BCUT2D eigenvalue weighted by Crippen LogP contribution is -2.11. The molecule has 4 rings (SSSR count). The van der Waals surface area contributed by atoms with Crippen molar-refractivity contribution in [2.24, 2.45) is 29.6 Å². The standard InChI is InChI=1S/C15H15F3O/c16-9-5-11(18)10(17)4-8(9)15(19)14-12-6-1-2-7(3-6)13(12)14/h4-7,12-15,19H,1-3H2. The van der Waals surface area contributed by atoms with Crippen LogP contribution in [0.25, 0.3) is 0 Å². The summed E-state index contributed by atoms with van der Waals surface area (Å²) in [6.07, 6.45) is 2.65. The summed E-state index contributed by atoms with van der Waals surface area (Å²) in [6.45, 7) is 0. The summed E-state index contributed by atoms with van der Waals surface area (Å²) in [4.78, 5) is 0. The predicted molar refractivity (Wildman–Crippen MR) is 62.6 cm³/mol. The Hall–Kier alpha value is -1.03. The van der Waals surface area contributed by atoms with E-state index in [1.807, 2.05) is 0 Å². The normalized spacial score (nSPS) is 40.3. The minimum Gasteiger partial charge on any atom is -0.388 e. The first-order chi connectivity index (χ1) is 9.08. The first-order valence-electron chi connectivity index (χ1n) is 6.90. The fourth-order valence-corrected chi connectivity index (χ4v) is 4.79. The van der Waals surface area contributed by atoms with Crippen LogP contribution < -0.4 is 0 Å². The molecule has 3 saturated carbocycles. The predicted octanol–water partition coefficient (Wildman–Crippen LogP) is 3.43. The van der Waals surface area contributed by atoms with Gasteiger partial charge in [0.15, 0.2) is 11.6 Å². The van der Waals surface area contributed by atoms with Gasteiger partial charge < -0.3 is 5.11 Å². The van der Waals surface area contributed by atoms with Crippen LogP contribution in [0.15, 0.2) is 12.1 Å². The van der Waals surface area contributed by atoms with Crippen molar-refractivity contribution in [3.8, 4) is 0 Å². The smallest absolute Gasteiger partial charge is 0.161 e. The molecule has 1 aromatic rings. The van der Waals surface area contributed by atoms with Crippen molar-refractivity contribution >= 4 is 0 Å². The number of aliphatic hydroxyl groups is 1. The molecule has 102 valence electrons. The molecule has 0 aliphatic heterocycles. The molecule has 1 N–H and O–H groups in total. The van der Waals surface area contributed by atoms with Crippen molar-refractivity contribution in [2.45, 2.75) is 25.4 Å². The third-order valence-electron chi connectivity index (χ3n) is 5.52. The second kappa shape index (κ2) is 3.75. The number of aliphatic hydroxyl groups excluding tert-OH is 1. The molecule has 1 nitrogen and oxygen atoms in total. The molecule has 3 aliphatic carbocycles. The first kappa shape index (κ1) is 11.8. The first-order valence-corrected chi connectivity index (χ1v) is 6.90. The van der Waals surface area contributed by atoms with Crippen LogP contribution in [-0.2, 0) is 0 Å². The molecular formula is C15H15F3O. The van der Waals surface area contributed by atoms with Gasteiger partial charge in [-0.1, -0.05) is 0 Å². The molecule has 5 unspecified atom stereocenters. The van der Waals surface area contributed by atoms with E-state index in [2.05, 4.69) is 0 Å². The Balaban J connectivity index is 1.62. The van der Waals surface area contributed by atoms with Crippen molar-refractivity contribution in [1.82, 2.24) is 0 Å². The minimum atomic E-state index is -1.20. The van der Waals surface area contributed by atoms with E-state index in [9.17, 15) is 18.3 Å². The van der Waals surface area contributed by atoms with E-state index < -0.39 is 23.6 Å². The SMILES string of the molecule is OC(c1cc(F)c(F)cc1F)C1C2C3CCC(C3)C21. The van der Waals surface area contributed by atoms with E-state index in [1.54, 1.807) is 0 Å². The maximum atomic E-state index is 13.7. The molecule has 4 heteroatoms. The lowest BCUT2D eigenvalue weighted by Gasteiger charge is -2.16. The van der Waals surface area contributed by atoms with E-state index in [0.717, 1.165) is 6.07 Å². The maximum absolute atomic E-state index is 13.7. The molecule has 0 aromatic heterocycles. The van der Waals surface area contributed by atoms with Crippen LogP contribution in [0.2, 0.25) is 0 Å². The van der Waals surface area contributed by atoms with E-state index in [0.29, 0.717) is 29.7 Å². The molecule has 3 aliphatic rings. The van der Waals surface area contributed by atoms with Crippen LogP contribution in [0.5, 0.6) is 0 Å². The van der Waals surface area contributed by atoms with Gasteiger partial charge in [0.25, 0.3) is 0 Å². The average Bonchev–Trinajstić information content (AvgIpc) is 2.81. The van der Waals surface area contributed by atoms with Gasteiger partial charge in [-0.3, -0.25) is 0 Å². The van der Waals surface area contributed by atoms with E-state index in [1.165, 1.54) is 19.3 Å². The van der Waals surface area contributed by atoms with Crippen molar-refractivity contribution in [3.63, 3.8) is 0 Å². The lowest BCUT2D eigenvalue weighted by molar-refractivity contribution is 0.125. The fourth-order valence-electron chi connectivity index (χ4n) is 4.79. The molecule has 2 bridgehead atoms. The van der Waals surface area contributed by atoms with E-state index >= 15 is 0 Å². The Kier molecular flexibility index (Phi) is 2.32. The van der Waals surface area contributed by atoms with Gasteiger partial charge in [-0.2, -0.15) is 0 Å². The van der Waals surface area contributed by atoms with Gasteiger partial charge in [-0.25, -0.2) is 13.2 Å². The van der Waals surface area contributed by atoms with Crippen molar-refractivity contribution in [2.75, 3.05) is 0 Å². The largest absolute Gasteiger partial charge is 0.388 e. The molecule has 0 heterocycles. The van der Waals surface area contributed by atoms with E-state index in [4.69, 9.17) is 0 Å². The van der Waals surface area contributed by atoms with Gasteiger partial charge in [-0.05, 0) is 54.9 Å². The summed E-state index contributed by atoms with van der Waals surface area (Å²) in [7, 11) is 0. The van der Waals surface area contributed by atoms with E-state index in [-0.39, 0.29) is 11.5 Å². The summed E-state index contributed by atoms with van der Waals surface area (Å²) in [6, 6.07) is 1.34. The van der Waals surface area contributed by atoms with Gasteiger partial charge in [0, 0.05) is 11.6 Å². The van der Waals surface area contributed by atoms with Crippen LogP contribution >= 0.6 is 0 Å². The number of hydrogen-bond donors (Lipinski definition) is 1. The zero-order valence-corrected chi connectivity index (χ0v) is 10.3. The second-order valence-electron chi connectivity index (χ2n) is 6.30. The molecule has 19 heavy (non-hydrogen) atoms. The summed E-state index contributed by atoms with van der Waals surface area (Å²) in [5, 5.41) is 10.3. The number of halogens is 3. The maximum Gasteiger partial charge on any atom is 0.161 e. The fraction of sp³-hybridized carbons (Fsp3) is 0.600. The number of fused-ring (bicyclic) bond motifs is 5. The highest BCUT2D eigenvalue weighted by atomic mass is 19.2. The molecular weight excluding hydrogens is 253 g/mol. The summed E-state index contributed by atoms with van der Waals surface area (Å²) in [5.41, 5.74) is -0.0855. The molecule has 0 spiro atoms. The van der Waals surface area contributed by atoms with Crippen molar-refractivity contribution in [3.05, 3.63) is 35.1 Å². The molecule has 3 fully saturated rings. The van der Waals surface area contributed by atoms with Gasteiger partial charge in [-0.15, -0.1) is 0 Å². The highest BCUT2D eigenvalue weighted by Gasteiger charge is 2.67. The summed E-state index contributed by atoms with van der Waals surface area (Å²) < 4.78 is 39.8. The average molecular weight is 268 g/mol. The van der Waals surface area contributed by atoms with Crippen LogP contribution in [0.1, 0.15) is 30.9 Å². The highest BCUT2D eigenvalue weighted by Crippen LogP contribution is 2.72. The molecule has 1 aromatic carbocycles. The second-order valence-corrected chi connectivity index (χ2v) is 6.30. The van der Waals surface area contributed by atoms with Crippen LogP contribution in [-0.4, -0.2) is 5.11 Å². The quantitative estimate of drug-likeness (QED) is 0.815.